The number of nitrogens with one attached hydrogen (secondary N) is 1. The SMILES string of the molecule is CC(=O)Nc1cc2c(cc1[N+](=O)[O-])[C@@H](OC(=O)[C@H](C)CSC(=O)c1cc([N+](=O)[O-])cc([N+](=O)[O-])c1)[C@H](Br)C(C)(C)O2. The standard InChI is InChI=1S/C24H23BrN4O11S/c1-11(10-41-23(32)13-5-14(27(33)34)7-15(6-13)28(35)36)22(31)39-20-16-8-18(29(37)38)17(26-12(2)30)9-19(16)40-24(3,4)21(20)25/h5-9,11,20-21H,10H2,1-4H3,(H,26,30)/t11-,20-,21+/m1/s1. The van der Waals surface area contributed by atoms with Crippen molar-refractivity contribution in [2.24, 2.45) is 5.92 Å². The fourth-order valence-electron chi connectivity index (χ4n) is 3.84. The Labute approximate surface area is 244 Å². The predicted molar refractivity (Wildman–Crippen MR) is 149 cm³/mol. The molecule has 0 saturated heterocycles. The van der Waals surface area contributed by atoms with Gasteiger partial charge in [0.2, 0.25) is 11.0 Å². The van der Waals surface area contributed by atoms with Crippen molar-refractivity contribution >= 4 is 67.4 Å². The second-order valence-electron chi connectivity index (χ2n) is 9.56. The van der Waals surface area contributed by atoms with Crippen LogP contribution in [0.2, 0.25) is 0 Å². The molecule has 0 fully saturated rings. The van der Waals surface area contributed by atoms with Crippen LogP contribution in [0.1, 0.15) is 49.7 Å². The topological polar surface area (TPSA) is 211 Å². The van der Waals surface area contributed by atoms with Gasteiger partial charge in [0.25, 0.3) is 17.1 Å². The summed E-state index contributed by atoms with van der Waals surface area (Å²) in [6.45, 7) is 6.06. The maximum absolute atomic E-state index is 13.1. The third-order valence-corrected chi connectivity index (χ3v) is 8.66. The number of benzene rings is 2. The molecule has 0 radical (unpaired) electrons. The van der Waals surface area contributed by atoms with Crippen LogP contribution >= 0.6 is 27.7 Å². The average Bonchev–Trinajstić information content (AvgIpc) is 2.88. The minimum absolute atomic E-state index is 0.0974. The molecule has 1 aliphatic rings. The minimum atomic E-state index is -1.06. The molecule has 0 saturated carbocycles. The summed E-state index contributed by atoms with van der Waals surface area (Å²) in [5.74, 6) is -2.18. The van der Waals surface area contributed by atoms with Crippen molar-refractivity contribution in [2.75, 3.05) is 11.1 Å². The number of esters is 1. The maximum Gasteiger partial charge on any atom is 0.310 e. The normalized spacial score (nSPS) is 17.8. The molecule has 3 rings (SSSR count). The first kappa shape index (κ1) is 31.4. The van der Waals surface area contributed by atoms with Crippen LogP contribution in [0, 0.1) is 36.3 Å². The van der Waals surface area contributed by atoms with Crippen molar-refractivity contribution in [3.05, 3.63) is 71.8 Å². The Morgan fingerprint density at radius 2 is 1.63 bits per heavy atom. The molecular formula is C24H23BrN4O11S. The lowest BCUT2D eigenvalue weighted by Gasteiger charge is -2.41. The van der Waals surface area contributed by atoms with E-state index in [4.69, 9.17) is 9.47 Å². The zero-order valence-corrected chi connectivity index (χ0v) is 24.3. The Bertz CT molecular complexity index is 1430. The molecule has 2 aromatic rings. The van der Waals surface area contributed by atoms with E-state index in [2.05, 4.69) is 21.2 Å². The number of rotatable bonds is 9. The fourth-order valence-corrected chi connectivity index (χ4v) is 5.15. The van der Waals surface area contributed by atoms with Crippen molar-refractivity contribution in [2.45, 2.75) is 44.2 Å². The number of ether oxygens (including phenoxy) is 2. The molecule has 0 aliphatic carbocycles. The van der Waals surface area contributed by atoms with Crippen molar-refractivity contribution in [3.8, 4) is 5.75 Å². The van der Waals surface area contributed by atoms with Gasteiger partial charge in [-0.3, -0.25) is 44.7 Å². The molecule has 17 heteroatoms. The second-order valence-corrected chi connectivity index (χ2v) is 11.5. The monoisotopic (exact) mass is 654 g/mol. The van der Waals surface area contributed by atoms with Crippen LogP contribution in [-0.4, -0.2) is 47.9 Å². The predicted octanol–water partition coefficient (Wildman–Crippen LogP) is 5.10. The first-order chi connectivity index (χ1) is 19.0. The number of hydrogen-bond acceptors (Lipinski definition) is 12. The van der Waals surface area contributed by atoms with Gasteiger partial charge >= 0.3 is 5.97 Å². The maximum atomic E-state index is 13.1. The number of hydrogen-bond donors (Lipinski definition) is 1. The highest BCUT2D eigenvalue weighted by molar-refractivity contribution is 9.09. The highest BCUT2D eigenvalue weighted by atomic mass is 79.9. The molecule has 41 heavy (non-hydrogen) atoms. The zero-order valence-electron chi connectivity index (χ0n) is 21.9. The number of fused-ring (bicyclic) bond motifs is 1. The molecule has 218 valence electrons. The average molecular weight is 655 g/mol. The molecule has 2 aromatic carbocycles. The highest BCUT2D eigenvalue weighted by Crippen LogP contribution is 2.48. The number of nitro benzene ring substituents is 3. The highest BCUT2D eigenvalue weighted by Gasteiger charge is 2.46. The largest absolute Gasteiger partial charge is 0.486 e. The Balaban J connectivity index is 1.82. The lowest BCUT2D eigenvalue weighted by Crippen LogP contribution is -2.47. The molecular weight excluding hydrogens is 632 g/mol. The molecule has 0 bridgehead atoms. The Morgan fingerprint density at radius 3 is 2.15 bits per heavy atom. The van der Waals surface area contributed by atoms with E-state index in [1.807, 2.05) is 0 Å². The van der Waals surface area contributed by atoms with Crippen LogP contribution in [0.3, 0.4) is 0 Å². The van der Waals surface area contributed by atoms with Crippen LogP contribution in [0.5, 0.6) is 5.75 Å². The van der Waals surface area contributed by atoms with E-state index in [0.29, 0.717) is 11.8 Å². The van der Waals surface area contributed by atoms with Crippen LogP contribution < -0.4 is 10.1 Å². The quantitative estimate of drug-likeness (QED) is 0.162. The summed E-state index contributed by atoms with van der Waals surface area (Å²) in [5.41, 5.74) is -2.86. The van der Waals surface area contributed by atoms with Gasteiger partial charge in [0.15, 0.2) is 0 Å². The third kappa shape index (κ3) is 7.15. The minimum Gasteiger partial charge on any atom is -0.486 e. The summed E-state index contributed by atoms with van der Waals surface area (Å²) in [7, 11) is 0. The van der Waals surface area contributed by atoms with E-state index in [-0.39, 0.29) is 28.3 Å². The Kier molecular flexibility index (Phi) is 9.33. The number of amides is 1. The summed E-state index contributed by atoms with van der Waals surface area (Å²) in [6, 6.07) is 4.98. The van der Waals surface area contributed by atoms with Crippen molar-refractivity contribution < 1.29 is 38.6 Å². The smallest absolute Gasteiger partial charge is 0.310 e. The Hall–Kier alpha value is -4.12. The van der Waals surface area contributed by atoms with Gasteiger partial charge in [-0.2, -0.15) is 0 Å². The summed E-state index contributed by atoms with van der Waals surface area (Å²) in [5, 5.41) is 35.6. The number of anilines is 1. The number of nitro groups is 3. The summed E-state index contributed by atoms with van der Waals surface area (Å²) in [6.07, 6.45) is -1.06. The summed E-state index contributed by atoms with van der Waals surface area (Å²) >= 11 is 4.08. The molecule has 1 aliphatic heterocycles. The van der Waals surface area contributed by atoms with Gasteiger partial charge in [-0.1, -0.05) is 34.6 Å². The van der Waals surface area contributed by atoms with Gasteiger partial charge in [0, 0.05) is 48.1 Å². The number of carbonyl (C=O) groups excluding carboxylic acids is 3. The van der Waals surface area contributed by atoms with Crippen LogP contribution in [-0.2, 0) is 14.3 Å². The van der Waals surface area contributed by atoms with Crippen LogP contribution in [0.4, 0.5) is 22.7 Å². The second kappa shape index (κ2) is 12.2. The lowest BCUT2D eigenvalue weighted by atomic mass is 9.90. The van der Waals surface area contributed by atoms with Gasteiger partial charge in [0.05, 0.1) is 31.6 Å². The lowest BCUT2D eigenvalue weighted by molar-refractivity contribution is -0.394. The van der Waals surface area contributed by atoms with Crippen molar-refractivity contribution in [1.29, 1.82) is 0 Å². The third-order valence-electron chi connectivity index (χ3n) is 5.91. The molecule has 1 amide bonds. The number of thioether (sulfide) groups is 1. The van der Waals surface area contributed by atoms with E-state index in [9.17, 15) is 44.7 Å². The van der Waals surface area contributed by atoms with Crippen molar-refractivity contribution in [3.63, 3.8) is 0 Å². The van der Waals surface area contributed by atoms with E-state index in [1.54, 1.807) is 13.8 Å². The van der Waals surface area contributed by atoms with E-state index < -0.39 is 71.3 Å². The summed E-state index contributed by atoms with van der Waals surface area (Å²) < 4.78 is 11.7. The number of nitrogens with zero attached hydrogens (tertiary/aromatic N) is 3. The van der Waals surface area contributed by atoms with Crippen molar-refractivity contribution in [1.82, 2.24) is 0 Å². The molecule has 0 unspecified atom stereocenters. The summed E-state index contributed by atoms with van der Waals surface area (Å²) in [4.78, 5) is 68.2. The molecule has 0 spiro atoms. The fraction of sp³-hybridized carbons (Fsp3) is 0.375. The van der Waals surface area contributed by atoms with E-state index in [1.165, 1.54) is 19.9 Å². The first-order valence-electron chi connectivity index (χ1n) is 11.8. The van der Waals surface area contributed by atoms with Crippen LogP contribution in [0.15, 0.2) is 30.3 Å². The van der Waals surface area contributed by atoms with Gasteiger partial charge in [-0.25, -0.2) is 0 Å². The van der Waals surface area contributed by atoms with Gasteiger partial charge < -0.3 is 14.8 Å². The first-order valence-corrected chi connectivity index (χ1v) is 13.7. The van der Waals surface area contributed by atoms with Crippen LogP contribution in [0.25, 0.3) is 0 Å². The number of non-ortho nitro benzene ring substituents is 2. The number of halogens is 1. The molecule has 15 nitrogen and oxygen atoms in total. The van der Waals surface area contributed by atoms with E-state index in [0.717, 1.165) is 24.3 Å². The van der Waals surface area contributed by atoms with Gasteiger partial charge in [0.1, 0.15) is 23.1 Å². The van der Waals surface area contributed by atoms with Gasteiger partial charge in [-0.15, -0.1) is 0 Å². The molecule has 1 N–H and O–H groups in total. The molecule has 1 heterocycles. The van der Waals surface area contributed by atoms with Gasteiger partial charge in [-0.05, 0) is 13.8 Å². The van der Waals surface area contributed by atoms with E-state index >= 15 is 0 Å². The number of alkyl halides is 1. The molecule has 0 aromatic heterocycles. The number of carbonyl (C=O) groups is 3. The molecule has 3 atom stereocenters. The zero-order chi connectivity index (χ0) is 30.8. The Morgan fingerprint density at radius 1 is 1.05 bits per heavy atom.